The van der Waals surface area contributed by atoms with Crippen molar-refractivity contribution in [3.63, 3.8) is 0 Å². The van der Waals surface area contributed by atoms with Crippen LogP contribution in [-0.2, 0) is 13.0 Å². The molecule has 2 aromatic rings. The molecule has 1 heterocycles. The van der Waals surface area contributed by atoms with E-state index in [1.807, 2.05) is 0 Å². The summed E-state index contributed by atoms with van der Waals surface area (Å²) in [6.07, 6.45) is 3.03. The molecular formula is C19H19N5O2. The Hall–Kier alpha value is -3.14. The van der Waals surface area contributed by atoms with Crippen LogP contribution < -0.4 is 0 Å². The first-order valence-electron chi connectivity index (χ1n) is 8.63. The Morgan fingerprint density at radius 1 is 1.08 bits per heavy atom. The van der Waals surface area contributed by atoms with E-state index in [1.165, 1.54) is 0 Å². The van der Waals surface area contributed by atoms with E-state index >= 15 is 0 Å². The van der Waals surface area contributed by atoms with E-state index in [1.54, 1.807) is 35.9 Å². The van der Waals surface area contributed by atoms with Crippen LogP contribution in [-0.4, -0.2) is 31.8 Å². The number of nitrogens with zero attached hydrogens (tertiary/aromatic N) is 5. The van der Waals surface area contributed by atoms with Crippen molar-refractivity contribution < 1.29 is 9.59 Å². The van der Waals surface area contributed by atoms with Crippen molar-refractivity contribution in [3.05, 3.63) is 52.4 Å². The lowest BCUT2D eigenvalue weighted by Gasteiger charge is -2.18. The maximum absolute atomic E-state index is 12.8. The number of allylic oxidation sites excluding steroid dienone is 2. The second-order valence-electron chi connectivity index (χ2n) is 6.24. The molecule has 0 saturated carbocycles. The summed E-state index contributed by atoms with van der Waals surface area (Å²) >= 11 is 0. The molecule has 1 aromatic carbocycles. The number of Topliss-reactive ketones (excluding diaryl/α,β-unsaturated/α-hetero) is 2. The Labute approximate surface area is 151 Å². The summed E-state index contributed by atoms with van der Waals surface area (Å²) in [5.41, 5.74) is 1.98. The number of aryl methyl sites for hydroxylation is 2. The number of aromatic nitrogens is 4. The molecule has 0 aliphatic heterocycles. The maximum Gasteiger partial charge on any atom is 0.190 e. The molecule has 0 unspecified atom stereocenters. The van der Waals surface area contributed by atoms with Crippen LogP contribution in [0.15, 0.2) is 35.4 Å². The molecule has 0 bridgehead atoms. The molecule has 1 aromatic heterocycles. The first-order valence-corrected chi connectivity index (χ1v) is 8.63. The van der Waals surface area contributed by atoms with Gasteiger partial charge in [-0.1, -0.05) is 24.3 Å². The second-order valence-corrected chi connectivity index (χ2v) is 6.24. The van der Waals surface area contributed by atoms with Gasteiger partial charge in [-0.25, -0.2) is 4.68 Å². The molecule has 7 heteroatoms. The van der Waals surface area contributed by atoms with E-state index in [0.29, 0.717) is 53.9 Å². The van der Waals surface area contributed by atoms with Gasteiger partial charge in [0.1, 0.15) is 0 Å². The van der Waals surface area contributed by atoms with Gasteiger partial charge >= 0.3 is 0 Å². The van der Waals surface area contributed by atoms with Crippen LogP contribution in [0.5, 0.6) is 0 Å². The Balaban J connectivity index is 1.72. The van der Waals surface area contributed by atoms with Gasteiger partial charge in [-0.2, -0.15) is 5.26 Å². The van der Waals surface area contributed by atoms with Gasteiger partial charge in [-0.3, -0.25) is 9.59 Å². The van der Waals surface area contributed by atoms with Crippen molar-refractivity contribution in [2.45, 2.75) is 45.6 Å². The van der Waals surface area contributed by atoms with Crippen LogP contribution in [0, 0.1) is 11.3 Å². The molecule has 0 atom stereocenters. The van der Waals surface area contributed by atoms with Crippen molar-refractivity contribution >= 4 is 11.6 Å². The third-order valence-corrected chi connectivity index (χ3v) is 4.60. The fourth-order valence-electron chi connectivity index (χ4n) is 3.13. The van der Waals surface area contributed by atoms with Crippen molar-refractivity contribution in [3.8, 4) is 6.07 Å². The number of nitriles is 1. The molecule has 0 amide bonds. The quantitative estimate of drug-likeness (QED) is 0.712. The zero-order valence-electron chi connectivity index (χ0n) is 14.6. The largest absolute Gasteiger partial charge is 0.289 e. The summed E-state index contributed by atoms with van der Waals surface area (Å²) in [6, 6.07) is 9.04. The van der Waals surface area contributed by atoms with Gasteiger partial charge in [-0.15, -0.1) is 5.10 Å². The summed E-state index contributed by atoms with van der Waals surface area (Å²) in [5, 5.41) is 20.3. The summed E-state index contributed by atoms with van der Waals surface area (Å²) in [7, 11) is 0. The minimum absolute atomic E-state index is 0.0914. The van der Waals surface area contributed by atoms with Crippen LogP contribution in [0.4, 0.5) is 0 Å². The van der Waals surface area contributed by atoms with Crippen LogP contribution >= 0.6 is 0 Å². The summed E-state index contributed by atoms with van der Waals surface area (Å²) in [4.78, 5) is 25.3. The molecule has 0 fully saturated rings. The molecule has 0 N–H and O–H groups in total. The molecule has 3 rings (SSSR count). The number of rotatable bonds is 7. The van der Waals surface area contributed by atoms with Crippen LogP contribution in [0.2, 0.25) is 0 Å². The molecular weight excluding hydrogens is 330 g/mol. The number of carbonyl (C=O) groups excluding carboxylic acids is 2. The Kier molecular flexibility index (Phi) is 5.32. The van der Waals surface area contributed by atoms with Crippen LogP contribution in [0.1, 0.15) is 59.1 Å². The first kappa shape index (κ1) is 17.7. The van der Waals surface area contributed by atoms with E-state index in [9.17, 15) is 9.59 Å². The van der Waals surface area contributed by atoms with Crippen LogP contribution in [0.25, 0.3) is 0 Å². The second kappa shape index (κ2) is 7.83. The number of carbonyl (C=O) groups is 2. The van der Waals surface area contributed by atoms with Crippen molar-refractivity contribution in [1.82, 2.24) is 20.2 Å². The Bertz CT molecular complexity index is 920. The highest BCUT2D eigenvalue weighted by Crippen LogP contribution is 2.28. The van der Waals surface area contributed by atoms with Gasteiger partial charge in [0.05, 0.1) is 6.07 Å². The normalized spacial score (nSPS) is 13.7. The maximum atomic E-state index is 12.8. The zero-order chi connectivity index (χ0) is 18.5. The molecule has 132 valence electrons. The fraction of sp³-hybridized carbons (Fsp3) is 0.368. The Morgan fingerprint density at radius 3 is 2.54 bits per heavy atom. The van der Waals surface area contributed by atoms with Gasteiger partial charge in [-0.05, 0) is 36.6 Å². The summed E-state index contributed by atoms with van der Waals surface area (Å²) < 4.78 is 1.70. The lowest BCUT2D eigenvalue weighted by molar-refractivity contribution is 0.0972. The number of benzene rings is 1. The van der Waals surface area contributed by atoms with Gasteiger partial charge < -0.3 is 0 Å². The van der Waals surface area contributed by atoms with Gasteiger partial charge in [0, 0.05) is 41.7 Å². The van der Waals surface area contributed by atoms with E-state index < -0.39 is 0 Å². The average molecular weight is 349 g/mol. The van der Waals surface area contributed by atoms with E-state index in [0.717, 1.165) is 12.8 Å². The third-order valence-electron chi connectivity index (χ3n) is 4.60. The monoisotopic (exact) mass is 349 g/mol. The average Bonchev–Trinajstić information content (AvgIpc) is 3.11. The minimum Gasteiger partial charge on any atom is -0.289 e. The third kappa shape index (κ3) is 3.45. The minimum atomic E-state index is -0.0919. The van der Waals surface area contributed by atoms with Crippen molar-refractivity contribution in [2.75, 3.05) is 0 Å². The SMILES string of the molecule is CC1=C(CCc2nnnn2CCCCC#N)C(=O)c2ccccc2C1=O. The molecule has 0 saturated heterocycles. The molecule has 0 spiro atoms. The predicted molar refractivity (Wildman–Crippen MR) is 93.4 cm³/mol. The first-order chi connectivity index (χ1) is 12.6. The lowest BCUT2D eigenvalue weighted by atomic mass is 9.83. The highest BCUT2D eigenvalue weighted by molar-refractivity contribution is 6.26. The molecule has 26 heavy (non-hydrogen) atoms. The Morgan fingerprint density at radius 2 is 1.81 bits per heavy atom. The molecule has 7 nitrogen and oxygen atoms in total. The lowest BCUT2D eigenvalue weighted by Crippen LogP contribution is -2.21. The number of ketones is 2. The van der Waals surface area contributed by atoms with Gasteiger partial charge in [0.25, 0.3) is 0 Å². The van der Waals surface area contributed by atoms with Crippen molar-refractivity contribution in [1.29, 1.82) is 5.26 Å². The fourth-order valence-corrected chi connectivity index (χ4v) is 3.13. The zero-order valence-corrected chi connectivity index (χ0v) is 14.6. The molecule has 0 radical (unpaired) electrons. The molecule has 1 aliphatic carbocycles. The van der Waals surface area contributed by atoms with E-state index in [2.05, 4.69) is 21.6 Å². The number of unbranched alkanes of at least 4 members (excludes halogenated alkanes) is 2. The summed E-state index contributed by atoms with van der Waals surface area (Å²) in [6.45, 7) is 2.34. The smallest absolute Gasteiger partial charge is 0.190 e. The van der Waals surface area contributed by atoms with E-state index in [4.69, 9.17) is 5.26 Å². The topological polar surface area (TPSA) is 102 Å². The highest BCUT2D eigenvalue weighted by Gasteiger charge is 2.29. The number of tetrazole rings is 1. The number of hydrogen-bond donors (Lipinski definition) is 0. The van der Waals surface area contributed by atoms with Gasteiger partial charge in [0.2, 0.25) is 0 Å². The van der Waals surface area contributed by atoms with Crippen LogP contribution in [0.3, 0.4) is 0 Å². The number of hydrogen-bond acceptors (Lipinski definition) is 6. The number of fused-ring (bicyclic) bond motifs is 1. The predicted octanol–water partition coefficient (Wildman–Crippen LogP) is 2.70. The highest BCUT2D eigenvalue weighted by atomic mass is 16.1. The van der Waals surface area contributed by atoms with Gasteiger partial charge in [0.15, 0.2) is 17.4 Å². The van der Waals surface area contributed by atoms with E-state index in [-0.39, 0.29) is 11.6 Å². The standard InChI is InChI=1S/C19H19N5O2/c1-13-14(19(26)16-8-4-3-7-15(16)18(13)25)9-10-17-21-22-23-24(17)12-6-2-5-11-20/h3-4,7-8H,2,5-6,9-10,12H2,1H3. The van der Waals surface area contributed by atoms with Crippen molar-refractivity contribution in [2.24, 2.45) is 0 Å². The summed E-state index contributed by atoms with van der Waals surface area (Å²) in [5.74, 6) is 0.499. The molecule has 1 aliphatic rings.